The summed E-state index contributed by atoms with van der Waals surface area (Å²) >= 11 is 0. The second-order valence-electron chi connectivity index (χ2n) is 2.42. The first-order valence-corrected chi connectivity index (χ1v) is 6.31. The molecular formula is C2H10BNO8P2. The van der Waals surface area contributed by atoms with E-state index in [1.165, 1.54) is 6.82 Å². The molecule has 0 unspecified atom stereocenters. The van der Waals surface area contributed by atoms with Crippen molar-refractivity contribution in [2.45, 2.75) is 13.0 Å². The Morgan fingerprint density at radius 2 is 1.43 bits per heavy atom. The molecule has 12 heteroatoms. The van der Waals surface area contributed by atoms with Crippen LogP contribution in [0, 0.1) is 0 Å². The van der Waals surface area contributed by atoms with Gasteiger partial charge in [0.2, 0.25) is 0 Å². The SMILES string of the molecule is CB(N)C(OP(=O)(O)O)OP(=O)(O)O. The zero-order valence-electron chi connectivity index (χ0n) is 7.05. The molecule has 0 saturated heterocycles. The predicted octanol–water partition coefficient (Wildman–Crippen LogP) is -1.35. The second-order valence-corrected chi connectivity index (χ2v) is 4.80. The summed E-state index contributed by atoms with van der Waals surface area (Å²) in [6.45, 7) is 0.0888. The highest BCUT2D eigenvalue weighted by atomic mass is 31.2. The average Bonchev–Trinajstić information content (AvgIpc) is 1.78. The summed E-state index contributed by atoms with van der Waals surface area (Å²) in [6.07, 6.45) is -1.88. The Bertz CT molecular complexity index is 245. The van der Waals surface area contributed by atoms with Gasteiger partial charge in [-0.1, -0.05) is 6.82 Å². The van der Waals surface area contributed by atoms with Gasteiger partial charge >= 0.3 is 15.6 Å². The predicted molar refractivity (Wildman–Crippen MR) is 45.9 cm³/mol. The van der Waals surface area contributed by atoms with E-state index in [9.17, 15) is 9.13 Å². The van der Waals surface area contributed by atoms with Crippen LogP contribution in [0.15, 0.2) is 0 Å². The van der Waals surface area contributed by atoms with Crippen molar-refractivity contribution in [2.24, 2.45) is 5.64 Å². The first-order chi connectivity index (χ1) is 6.01. The minimum absolute atomic E-state index is 1.12. The van der Waals surface area contributed by atoms with E-state index in [1.807, 2.05) is 0 Å². The Morgan fingerprint density at radius 1 is 1.14 bits per heavy atom. The molecule has 14 heavy (non-hydrogen) atoms. The van der Waals surface area contributed by atoms with E-state index in [0.29, 0.717) is 0 Å². The second kappa shape index (κ2) is 4.85. The first kappa shape index (κ1) is 14.2. The Morgan fingerprint density at radius 3 is 1.57 bits per heavy atom. The zero-order chi connectivity index (χ0) is 11.6. The van der Waals surface area contributed by atoms with Crippen molar-refractivity contribution >= 4 is 22.5 Å². The van der Waals surface area contributed by atoms with Gasteiger partial charge < -0.3 is 25.2 Å². The molecule has 0 aliphatic rings. The maximum atomic E-state index is 10.3. The third-order valence-corrected chi connectivity index (χ3v) is 1.88. The number of hydrogen-bond donors (Lipinski definition) is 5. The number of hydrogen-bond acceptors (Lipinski definition) is 5. The van der Waals surface area contributed by atoms with E-state index in [2.05, 4.69) is 9.05 Å². The standard InChI is InChI=1S/C2H10BNO8P2/c1-3(4)2(11-13(5,6)7)12-14(8,9)10/h2H,4H2,1H3,(H2,5,6,7)(H2,8,9,10). The van der Waals surface area contributed by atoms with Crippen LogP contribution in [0.4, 0.5) is 0 Å². The molecular weight excluding hydrogens is 239 g/mol. The minimum atomic E-state index is -4.91. The van der Waals surface area contributed by atoms with Crippen LogP contribution < -0.4 is 5.64 Å². The molecule has 0 heterocycles. The van der Waals surface area contributed by atoms with Crippen LogP contribution in [0.1, 0.15) is 0 Å². The topological polar surface area (TPSA) is 160 Å². The first-order valence-electron chi connectivity index (χ1n) is 3.25. The van der Waals surface area contributed by atoms with Crippen LogP contribution in [0.2, 0.25) is 6.82 Å². The van der Waals surface area contributed by atoms with Crippen LogP contribution >= 0.6 is 15.6 Å². The van der Waals surface area contributed by atoms with E-state index >= 15 is 0 Å². The van der Waals surface area contributed by atoms with Crippen LogP contribution in [-0.4, -0.2) is 32.6 Å². The molecule has 0 aliphatic heterocycles. The normalized spacial score (nSPS) is 13.4. The van der Waals surface area contributed by atoms with Crippen LogP contribution in [-0.2, 0) is 18.2 Å². The number of nitrogens with two attached hydrogens (primary N) is 1. The summed E-state index contributed by atoms with van der Waals surface area (Å²) in [7, 11) is -9.82. The zero-order valence-corrected chi connectivity index (χ0v) is 8.84. The van der Waals surface area contributed by atoms with Gasteiger partial charge in [-0.2, -0.15) is 0 Å². The highest BCUT2D eigenvalue weighted by molar-refractivity contribution is 7.47. The lowest BCUT2D eigenvalue weighted by Gasteiger charge is -2.19. The van der Waals surface area contributed by atoms with E-state index in [4.69, 9.17) is 25.2 Å². The Labute approximate surface area is 79.8 Å². The average molecular weight is 249 g/mol. The van der Waals surface area contributed by atoms with Crippen molar-refractivity contribution < 1.29 is 37.8 Å². The van der Waals surface area contributed by atoms with Crippen LogP contribution in [0.3, 0.4) is 0 Å². The van der Waals surface area contributed by atoms with Crippen molar-refractivity contribution in [3.05, 3.63) is 0 Å². The van der Waals surface area contributed by atoms with E-state index in [1.54, 1.807) is 0 Å². The highest BCUT2D eigenvalue weighted by Crippen LogP contribution is 2.44. The molecule has 0 aromatic rings. The van der Waals surface area contributed by atoms with Crippen molar-refractivity contribution in [3.63, 3.8) is 0 Å². The molecule has 0 radical (unpaired) electrons. The fraction of sp³-hybridized carbons (Fsp3) is 1.00. The fourth-order valence-electron chi connectivity index (χ4n) is 0.482. The quantitative estimate of drug-likeness (QED) is 0.225. The monoisotopic (exact) mass is 249 g/mol. The molecule has 0 aliphatic carbocycles. The summed E-state index contributed by atoms with van der Waals surface area (Å²) in [6, 6.07) is 0. The largest absolute Gasteiger partial charge is 0.471 e. The van der Waals surface area contributed by atoms with Gasteiger partial charge in [0.05, 0.1) is 0 Å². The van der Waals surface area contributed by atoms with Gasteiger partial charge in [0.1, 0.15) is 0 Å². The minimum Gasteiger partial charge on any atom is -0.366 e. The van der Waals surface area contributed by atoms with E-state index in [0.717, 1.165) is 0 Å². The lowest BCUT2D eigenvalue weighted by Crippen LogP contribution is -2.39. The van der Waals surface area contributed by atoms with E-state index in [-0.39, 0.29) is 0 Å². The van der Waals surface area contributed by atoms with Gasteiger partial charge in [0, 0.05) is 0 Å². The Kier molecular flexibility index (Phi) is 4.93. The maximum Gasteiger partial charge on any atom is 0.471 e. The van der Waals surface area contributed by atoms with E-state index < -0.39 is 28.7 Å². The summed E-state index contributed by atoms with van der Waals surface area (Å²) in [5.41, 5.74) is 5.11. The van der Waals surface area contributed by atoms with Crippen LogP contribution in [0.25, 0.3) is 0 Å². The molecule has 0 spiro atoms. The molecule has 84 valence electrons. The number of phosphoric ester groups is 2. The molecule has 0 atom stereocenters. The summed E-state index contributed by atoms with van der Waals surface area (Å²) < 4.78 is 28.4. The molecule has 0 aromatic heterocycles. The number of rotatable bonds is 5. The molecule has 0 bridgehead atoms. The highest BCUT2D eigenvalue weighted by Gasteiger charge is 2.33. The smallest absolute Gasteiger partial charge is 0.366 e. The maximum absolute atomic E-state index is 10.3. The number of phosphoric acid groups is 2. The molecule has 0 fully saturated rings. The molecule has 6 N–H and O–H groups in total. The molecule has 0 aromatic carbocycles. The van der Waals surface area contributed by atoms with Gasteiger partial charge in [-0.05, 0) is 0 Å². The third-order valence-electron chi connectivity index (χ3n) is 0.912. The Balaban J connectivity index is 4.48. The van der Waals surface area contributed by atoms with Gasteiger partial charge in [-0.15, -0.1) is 0 Å². The molecule has 9 nitrogen and oxygen atoms in total. The van der Waals surface area contributed by atoms with Gasteiger partial charge in [0.15, 0.2) is 6.19 Å². The van der Waals surface area contributed by atoms with Crippen molar-refractivity contribution in [2.75, 3.05) is 0 Å². The summed E-state index contributed by atoms with van der Waals surface area (Å²) in [5, 5.41) is 0. The Hall–Kier alpha value is 0.245. The summed E-state index contributed by atoms with van der Waals surface area (Å²) in [5.74, 6) is 0. The molecule has 0 saturated carbocycles. The van der Waals surface area contributed by atoms with Crippen molar-refractivity contribution in [3.8, 4) is 0 Å². The van der Waals surface area contributed by atoms with Crippen molar-refractivity contribution in [1.82, 2.24) is 0 Å². The van der Waals surface area contributed by atoms with Gasteiger partial charge in [-0.25, -0.2) is 9.13 Å². The lowest BCUT2D eigenvalue weighted by atomic mass is 9.66. The summed E-state index contributed by atoms with van der Waals surface area (Å²) in [4.78, 5) is 33.3. The molecule has 0 amide bonds. The molecule has 0 rings (SSSR count). The van der Waals surface area contributed by atoms with Crippen LogP contribution in [0.5, 0.6) is 0 Å². The van der Waals surface area contributed by atoms with Gasteiger partial charge in [-0.3, -0.25) is 9.05 Å². The third kappa shape index (κ3) is 7.63. The fourth-order valence-corrected chi connectivity index (χ4v) is 1.56. The lowest BCUT2D eigenvalue weighted by molar-refractivity contribution is 0.0193. The van der Waals surface area contributed by atoms with Crippen molar-refractivity contribution in [1.29, 1.82) is 0 Å². The van der Waals surface area contributed by atoms with Gasteiger partial charge in [0.25, 0.3) is 6.85 Å².